The van der Waals surface area contributed by atoms with Crippen LogP contribution in [0.25, 0.3) is 0 Å². The Balaban J connectivity index is 2.21. The number of nitrogens with one attached hydrogen (secondary N) is 1. The fraction of sp³-hybridized carbons (Fsp3) is 0.500. The van der Waals surface area contributed by atoms with Crippen molar-refractivity contribution in [2.24, 2.45) is 5.92 Å². The molecule has 0 aromatic heterocycles. The first-order valence-electron chi connectivity index (χ1n) is 6.07. The number of hydrogen-bond donors (Lipinski definition) is 1. The van der Waals surface area contributed by atoms with Gasteiger partial charge in [0.15, 0.2) is 0 Å². The lowest BCUT2D eigenvalue weighted by atomic mass is 10.1. The first-order chi connectivity index (χ1) is 8.11. The second-order valence-corrected chi connectivity index (χ2v) is 4.81. The van der Waals surface area contributed by atoms with Gasteiger partial charge >= 0.3 is 5.97 Å². The van der Waals surface area contributed by atoms with E-state index in [1.54, 1.807) is 0 Å². The maximum absolute atomic E-state index is 11.7. The van der Waals surface area contributed by atoms with Gasteiger partial charge in [-0.3, -0.25) is 0 Å². The number of anilines is 1. The molecular weight excluding hydrogens is 214 g/mol. The van der Waals surface area contributed by atoms with Gasteiger partial charge in [0.1, 0.15) is 0 Å². The van der Waals surface area contributed by atoms with E-state index in [0.717, 1.165) is 17.2 Å². The molecular formula is C14H19NO2. The molecule has 0 bridgehead atoms. The number of carbonyl (C=O) groups excluding carboxylic acids is 1. The summed E-state index contributed by atoms with van der Waals surface area (Å²) in [6, 6.07) is 6.25. The number of ether oxygens (including phenoxy) is 1. The van der Waals surface area contributed by atoms with Crippen LogP contribution < -0.4 is 5.32 Å². The van der Waals surface area contributed by atoms with Gasteiger partial charge < -0.3 is 10.1 Å². The molecule has 3 heteroatoms. The van der Waals surface area contributed by atoms with Crippen LogP contribution in [0, 0.1) is 12.8 Å². The van der Waals surface area contributed by atoms with Gasteiger partial charge in [-0.25, -0.2) is 4.79 Å². The lowest BCUT2D eigenvalue weighted by Gasteiger charge is -2.17. The van der Waals surface area contributed by atoms with Gasteiger partial charge in [0.2, 0.25) is 0 Å². The summed E-state index contributed by atoms with van der Waals surface area (Å²) in [5, 5.41) is 3.41. The minimum absolute atomic E-state index is 0.279. The van der Waals surface area contributed by atoms with E-state index >= 15 is 0 Å². The highest BCUT2D eigenvalue weighted by atomic mass is 16.5. The number of aryl methyl sites for hydroxylation is 1. The molecule has 1 N–H and O–H groups in total. The molecule has 1 saturated carbocycles. The Morgan fingerprint density at radius 1 is 1.47 bits per heavy atom. The Hall–Kier alpha value is -1.51. The number of benzene rings is 1. The quantitative estimate of drug-likeness (QED) is 0.812. The normalized spacial score (nSPS) is 16.4. The first kappa shape index (κ1) is 12.0. The Labute approximate surface area is 102 Å². The zero-order chi connectivity index (χ0) is 12.4. The number of esters is 1. The summed E-state index contributed by atoms with van der Waals surface area (Å²) in [5.74, 6) is 0.473. The van der Waals surface area contributed by atoms with E-state index in [-0.39, 0.29) is 5.97 Å². The predicted molar refractivity (Wildman–Crippen MR) is 68.3 cm³/mol. The molecule has 1 atom stereocenters. The monoisotopic (exact) mass is 233 g/mol. The largest absolute Gasteiger partial charge is 0.465 e. The molecule has 0 amide bonds. The smallest absolute Gasteiger partial charge is 0.339 e. The molecule has 2 rings (SSSR count). The number of hydrogen-bond acceptors (Lipinski definition) is 3. The molecule has 1 aromatic carbocycles. The summed E-state index contributed by atoms with van der Waals surface area (Å²) in [5.41, 5.74) is 2.57. The van der Waals surface area contributed by atoms with E-state index < -0.39 is 0 Å². The van der Waals surface area contributed by atoms with Crippen LogP contribution in [0.15, 0.2) is 18.2 Å². The van der Waals surface area contributed by atoms with E-state index in [2.05, 4.69) is 12.2 Å². The lowest BCUT2D eigenvalue weighted by molar-refractivity contribution is 0.0601. The molecule has 0 aliphatic heterocycles. The summed E-state index contributed by atoms with van der Waals surface area (Å²) in [7, 11) is 1.42. The average Bonchev–Trinajstić information content (AvgIpc) is 3.14. The van der Waals surface area contributed by atoms with Crippen LogP contribution in [0.5, 0.6) is 0 Å². The van der Waals surface area contributed by atoms with Crippen molar-refractivity contribution in [3.05, 3.63) is 29.3 Å². The summed E-state index contributed by atoms with van der Waals surface area (Å²) >= 11 is 0. The molecule has 0 heterocycles. The molecule has 1 aliphatic carbocycles. The first-order valence-corrected chi connectivity index (χ1v) is 6.07. The third-order valence-electron chi connectivity index (χ3n) is 3.29. The van der Waals surface area contributed by atoms with Gasteiger partial charge in [0.05, 0.1) is 12.7 Å². The Morgan fingerprint density at radius 2 is 2.18 bits per heavy atom. The highest BCUT2D eigenvalue weighted by Gasteiger charge is 2.28. The summed E-state index contributed by atoms with van der Waals surface area (Å²) in [6.45, 7) is 4.14. The summed E-state index contributed by atoms with van der Waals surface area (Å²) in [4.78, 5) is 11.7. The van der Waals surface area contributed by atoms with E-state index in [1.165, 1.54) is 20.0 Å². The molecule has 0 spiro atoms. The minimum Gasteiger partial charge on any atom is -0.465 e. The molecule has 1 unspecified atom stereocenters. The molecule has 1 aromatic rings. The molecule has 3 nitrogen and oxygen atoms in total. The van der Waals surface area contributed by atoms with Crippen LogP contribution in [0.3, 0.4) is 0 Å². The minimum atomic E-state index is -0.279. The van der Waals surface area contributed by atoms with Crippen LogP contribution in [0.2, 0.25) is 0 Å². The van der Waals surface area contributed by atoms with Crippen molar-refractivity contribution in [2.45, 2.75) is 32.7 Å². The van der Waals surface area contributed by atoms with Crippen LogP contribution in [-0.2, 0) is 4.74 Å². The van der Waals surface area contributed by atoms with Gasteiger partial charge in [-0.05, 0) is 44.7 Å². The molecule has 0 saturated heterocycles. The van der Waals surface area contributed by atoms with Crippen LogP contribution in [-0.4, -0.2) is 19.1 Å². The SMILES string of the molecule is COC(=O)c1cc(C)ccc1NC(C)C1CC1. The standard InChI is InChI=1S/C14H19NO2/c1-9-4-7-13(12(8-9)14(16)17-3)15-10(2)11-5-6-11/h4,7-8,10-11,15H,5-6H2,1-3H3. The van der Waals surface area contributed by atoms with Gasteiger partial charge in [-0.15, -0.1) is 0 Å². The van der Waals surface area contributed by atoms with Gasteiger partial charge in [-0.2, -0.15) is 0 Å². The number of rotatable bonds is 4. The second kappa shape index (κ2) is 4.78. The van der Waals surface area contributed by atoms with Crippen LogP contribution in [0.1, 0.15) is 35.7 Å². The highest BCUT2D eigenvalue weighted by Crippen LogP contribution is 2.34. The Morgan fingerprint density at radius 3 is 2.76 bits per heavy atom. The molecule has 92 valence electrons. The zero-order valence-corrected chi connectivity index (χ0v) is 10.6. The van der Waals surface area contributed by atoms with Crippen LogP contribution >= 0.6 is 0 Å². The number of methoxy groups -OCH3 is 1. The van der Waals surface area contributed by atoms with E-state index in [4.69, 9.17) is 4.74 Å². The third-order valence-corrected chi connectivity index (χ3v) is 3.29. The topological polar surface area (TPSA) is 38.3 Å². The van der Waals surface area contributed by atoms with E-state index in [1.807, 2.05) is 25.1 Å². The lowest BCUT2D eigenvalue weighted by Crippen LogP contribution is -2.19. The van der Waals surface area contributed by atoms with E-state index in [0.29, 0.717) is 11.6 Å². The number of carbonyl (C=O) groups is 1. The van der Waals surface area contributed by atoms with Crippen molar-refractivity contribution in [3.63, 3.8) is 0 Å². The Bertz CT molecular complexity index is 424. The van der Waals surface area contributed by atoms with Crippen molar-refractivity contribution in [1.29, 1.82) is 0 Å². The molecule has 1 aliphatic rings. The summed E-state index contributed by atoms with van der Waals surface area (Å²) in [6.07, 6.45) is 2.57. The second-order valence-electron chi connectivity index (χ2n) is 4.81. The highest BCUT2D eigenvalue weighted by molar-refractivity contribution is 5.95. The maximum atomic E-state index is 11.7. The van der Waals surface area contributed by atoms with Gasteiger partial charge in [0, 0.05) is 11.7 Å². The third kappa shape index (κ3) is 2.78. The zero-order valence-electron chi connectivity index (χ0n) is 10.6. The maximum Gasteiger partial charge on any atom is 0.339 e. The van der Waals surface area contributed by atoms with Crippen molar-refractivity contribution in [2.75, 3.05) is 12.4 Å². The van der Waals surface area contributed by atoms with Crippen molar-refractivity contribution in [1.82, 2.24) is 0 Å². The van der Waals surface area contributed by atoms with Crippen molar-refractivity contribution in [3.8, 4) is 0 Å². The summed E-state index contributed by atoms with van der Waals surface area (Å²) < 4.78 is 4.81. The molecule has 17 heavy (non-hydrogen) atoms. The predicted octanol–water partition coefficient (Wildman–Crippen LogP) is 2.99. The Kier molecular flexibility index (Phi) is 3.36. The average molecular weight is 233 g/mol. The van der Waals surface area contributed by atoms with Crippen molar-refractivity contribution < 1.29 is 9.53 Å². The fourth-order valence-corrected chi connectivity index (χ4v) is 2.02. The fourth-order valence-electron chi connectivity index (χ4n) is 2.02. The van der Waals surface area contributed by atoms with Crippen LogP contribution in [0.4, 0.5) is 5.69 Å². The van der Waals surface area contributed by atoms with Gasteiger partial charge in [-0.1, -0.05) is 11.6 Å². The van der Waals surface area contributed by atoms with Crippen molar-refractivity contribution >= 4 is 11.7 Å². The molecule has 0 radical (unpaired) electrons. The van der Waals surface area contributed by atoms with E-state index in [9.17, 15) is 4.79 Å². The molecule has 1 fully saturated rings. The van der Waals surface area contributed by atoms with Gasteiger partial charge in [0.25, 0.3) is 0 Å².